The van der Waals surface area contributed by atoms with Crippen LogP contribution in [0.2, 0.25) is 0 Å². The third kappa shape index (κ3) is 4.36. The van der Waals surface area contributed by atoms with E-state index >= 15 is 0 Å². The van der Waals surface area contributed by atoms with Gasteiger partial charge in [-0.05, 0) is 40.4 Å². The maximum atomic E-state index is 11.8. The normalized spacial score (nSPS) is 10.4. The molecule has 0 unspecified atom stereocenters. The van der Waals surface area contributed by atoms with Gasteiger partial charge in [0.2, 0.25) is 0 Å². The Bertz CT molecular complexity index is 743. The molecule has 0 fully saturated rings. The summed E-state index contributed by atoms with van der Waals surface area (Å²) in [4.78, 5) is 13.0. The van der Waals surface area contributed by atoms with E-state index in [1.165, 1.54) is 15.9 Å². The van der Waals surface area contributed by atoms with E-state index in [4.69, 9.17) is 4.74 Å². The van der Waals surface area contributed by atoms with Crippen LogP contribution in [0.15, 0.2) is 48.1 Å². The van der Waals surface area contributed by atoms with Crippen LogP contribution in [0.5, 0.6) is 5.75 Å². The van der Waals surface area contributed by atoms with Crippen molar-refractivity contribution in [3.8, 4) is 11.4 Å². The molecule has 1 N–H and O–H groups in total. The van der Waals surface area contributed by atoms with Crippen molar-refractivity contribution < 1.29 is 9.53 Å². The predicted octanol–water partition coefficient (Wildman–Crippen LogP) is 1.46. The van der Waals surface area contributed by atoms with Crippen molar-refractivity contribution in [2.45, 2.75) is 6.42 Å². The molecule has 0 spiro atoms. The molecule has 0 atom stereocenters. The summed E-state index contributed by atoms with van der Waals surface area (Å²) in [7, 11) is 0. The third-order valence-corrected chi connectivity index (χ3v) is 4.01. The summed E-state index contributed by atoms with van der Waals surface area (Å²) in [6.07, 6.45) is 2.33. The number of ether oxygens (including phenoxy) is 1. The molecule has 3 rings (SSSR count). The lowest BCUT2D eigenvalue weighted by Crippen LogP contribution is -2.30. The first-order chi connectivity index (χ1) is 11.3. The fraction of sp³-hybridized carbons (Fsp3) is 0.200. The zero-order chi connectivity index (χ0) is 15.9. The summed E-state index contributed by atoms with van der Waals surface area (Å²) in [5.41, 5.74) is 0.769. The average Bonchev–Trinajstić information content (AvgIpc) is 3.27. The molecule has 0 saturated carbocycles. The Balaban J connectivity index is 1.46. The number of nitrogens with zero attached hydrogens (tertiary/aromatic N) is 4. The van der Waals surface area contributed by atoms with Gasteiger partial charge in [0.1, 0.15) is 12.1 Å². The quantitative estimate of drug-likeness (QED) is 0.710. The second-order valence-corrected chi connectivity index (χ2v) is 5.75. The van der Waals surface area contributed by atoms with Crippen LogP contribution in [-0.4, -0.2) is 39.3 Å². The molecule has 0 aliphatic carbocycles. The van der Waals surface area contributed by atoms with Crippen LogP contribution >= 0.6 is 11.3 Å². The fourth-order valence-electron chi connectivity index (χ4n) is 1.98. The molecule has 23 heavy (non-hydrogen) atoms. The molecule has 2 aromatic heterocycles. The molecule has 8 heteroatoms. The molecule has 118 valence electrons. The molecule has 0 saturated heterocycles. The smallest absolute Gasteiger partial charge is 0.257 e. The van der Waals surface area contributed by atoms with Gasteiger partial charge >= 0.3 is 0 Å². The van der Waals surface area contributed by atoms with E-state index in [0.717, 1.165) is 12.1 Å². The monoisotopic (exact) mass is 329 g/mol. The fourth-order valence-corrected chi connectivity index (χ4v) is 2.68. The largest absolute Gasteiger partial charge is 0.484 e. The van der Waals surface area contributed by atoms with Gasteiger partial charge in [-0.1, -0.05) is 12.1 Å². The average molecular weight is 329 g/mol. The van der Waals surface area contributed by atoms with Crippen molar-refractivity contribution in [2.75, 3.05) is 13.2 Å². The maximum Gasteiger partial charge on any atom is 0.257 e. The number of nitrogens with one attached hydrogen (secondary N) is 1. The van der Waals surface area contributed by atoms with Crippen molar-refractivity contribution in [3.63, 3.8) is 0 Å². The Morgan fingerprint density at radius 3 is 3.04 bits per heavy atom. The first-order valence-corrected chi connectivity index (χ1v) is 7.94. The van der Waals surface area contributed by atoms with Crippen LogP contribution in [0.1, 0.15) is 4.88 Å². The van der Waals surface area contributed by atoms with E-state index in [-0.39, 0.29) is 12.5 Å². The highest BCUT2D eigenvalue weighted by Gasteiger charge is 2.05. The molecule has 0 aliphatic heterocycles. The van der Waals surface area contributed by atoms with E-state index in [0.29, 0.717) is 12.3 Å². The number of benzene rings is 1. The van der Waals surface area contributed by atoms with Gasteiger partial charge in [-0.15, -0.1) is 16.4 Å². The van der Waals surface area contributed by atoms with Crippen LogP contribution in [0.3, 0.4) is 0 Å². The number of amides is 1. The molecule has 1 amide bonds. The molecular formula is C15H15N5O2S. The maximum absolute atomic E-state index is 11.8. The van der Waals surface area contributed by atoms with Gasteiger partial charge in [0.15, 0.2) is 6.61 Å². The number of rotatable bonds is 7. The van der Waals surface area contributed by atoms with E-state index in [1.807, 2.05) is 23.6 Å². The van der Waals surface area contributed by atoms with Crippen LogP contribution in [0.25, 0.3) is 5.69 Å². The number of thiophene rings is 1. The number of aromatic nitrogens is 4. The number of hydrogen-bond donors (Lipinski definition) is 1. The zero-order valence-electron chi connectivity index (χ0n) is 12.3. The van der Waals surface area contributed by atoms with Gasteiger partial charge in [0, 0.05) is 17.5 Å². The second kappa shape index (κ2) is 7.50. The highest BCUT2D eigenvalue weighted by atomic mass is 32.1. The van der Waals surface area contributed by atoms with Crippen molar-refractivity contribution in [1.82, 2.24) is 25.5 Å². The Morgan fingerprint density at radius 1 is 1.30 bits per heavy atom. The highest BCUT2D eigenvalue weighted by molar-refractivity contribution is 7.09. The molecule has 0 aliphatic rings. The second-order valence-electron chi connectivity index (χ2n) is 4.72. The number of carbonyl (C=O) groups excluding carboxylic acids is 1. The van der Waals surface area contributed by atoms with Crippen molar-refractivity contribution >= 4 is 17.2 Å². The van der Waals surface area contributed by atoms with E-state index in [1.54, 1.807) is 23.5 Å². The van der Waals surface area contributed by atoms with Crippen LogP contribution in [0.4, 0.5) is 0 Å². The summed E-state index contributed by atoms with van der Waals surface area (Å²) in [6, 6.07) is 11.3. The van der Waals surface area contributed by atoms with Crippen LogP contribution < -0.4 is 10.1 Å². The summed E-state index contributed by atoms with van der Waals surface area (Å²) < 4.78 is 7.02. The van der Waals surface area contributed by atoms with Crippen molar-refractivity contribution in [2.24, 2.45) is 0 Å². The summed E-state index contributed by atoms with van der Waals surface area (Å²) in [5.74, 6) is 0.445. The van der Waals surface area contributed by atoms with Gasteiger partial charge < -0.3 is 10.1 Å². The minimum Gasteiger partial charge on any atom is -0.484 e. The molecule has 0 bridgehead atoms. The molecule has 7 nitrogen and oxygen atoms in total. The summed E-state index contributed by atoms with van der Waals surface area (Å²) >= 11 is 1.68. The molecule has 0 radical (unpaired) electrons. The molecule has 1 aromatic carbocycles. The summed E-state index contributed by atoms with van der Waals surface area (Å²) in [6.45, 7) is 0.580. The van der Waals surface area contributed by atoms with E-state index < -0.39 is 0 Å². The lowest BCUT2D eigenvalue weighted by Gasteiger charge is -2.08. The molecule has 3 aromatic rings. The Kier molecular flexibility index (Phi) is 4.95. The van der Waals surface area contributed by atoms with E-state index in [9.17, 15) is 4.79 Å². The Labute approximate surface area is 136 Å². The summed E-state index contributed by atoms with van der Waals surface area (Å²) in [5, 5.41) is 15.8. The SMILES string of the molecule is O=C(COc1cccc(-n2cnnn2)c1)NCCc1cccs1. The van der Waals surface area contributed by atoms with Crippen molar-refractivity contribution in [3.05, 3.63) is 53.0 Å². The van der Waals surface area contributed by atoms with Gasteiger partial charge in [0.25, 0.3) is 5.91 Å². The van der Waals surface area contributed by atoms with Gasteiger partial charge in [0.05, 0.1) is 5.69 Å². The molecular weight excluding hydrogens is 314 g/mol. The Morgan fingerprint density at radius 2 is 2.26 bits per heavy atom. The van der Waals surface area contributed by atoms with E-state index in [2.05, 4.69) is 26.9 Å². The zero-order valence-corrected chi connectivity index (χ0v) is 13.1. The third-order valence-electron chi connectivity index (χ3n) is 3.07. The van der Waals surface area contributed by atoms with Gasteiger partial charge in [-0.2, -0.15) is 0 Å². The Hall–Kier alpha value is -2.74. The topological polar surface area (TPSA) is 81.9 Å². The lowest BCUT2D eigenvalue weighted by molar-refractivity contribution is -0.123. The van der Waals surface area contributed by atoms with Gasteiger partial charge in [-0.3, -0.25) is 4.79 Å². The van der Waals surface area contributed by atoms with Crippen LogP contribution in [0, 0.1) is 0 Å². The number of hydrogen-bond acceptors (Lipinski definition) is 6. The first-order valence-electron chi connectivity index (χ1n) is 7.06. The minimum atomic E-state index is -0.144. The first kappa shape index (κ1) is 15.2. The van der Waals surface area contributed by atoms with Gasteiger partial charge in [-0.25, -0.2) is 4.68 Å². The number of tetrazole rings is 1. The minimum absolute atomic E-state index is 0.0243. The lowest BCUT2D eigenvalue weighted by atomic mass is 10.3. The predicted molar refractivity (Wildman–Crippen MR) is 85.7 cm³/mol. The molecule has 2 heterocycles. The standard InChI is InChI=1S/C15H15N5O2S/c21-15(16-7-6-14-5-2-8-23-14)10-22-13-4-1-3-12(9-13)20-11-17-18-19-20/h1-5,8-9,11H,6-7,10H2,(H,16,21). The van der Waals surface area contributed by atoms with Crippen LogP contribution in [-0.2, 0) is 11.2 Å². The highest BCUT2D eigenvalue weighted by Crippen LogP contribution is 2.15. The van der Waals surface area contributed by atoms with Crippen molar-refractivity contribution in [1.29, 1.82) is 0 Å². The number of carbonyl (C=O) groups is 1.